The lowest BCUT2D eigenvalue weighted by molar-refractivity contribution is -0.883. The van der Waals surface area contributed by atoms with Gasteiger partial charge < -0.3 is 14.7 Å². The molecular weight excluding hydrogens is 300 g/mol. The maximum Gasteiger partial charge on any atom is 0.166 e. The maximum absolute atomic E-state index is 10.2. The zero-order valence-electron chi connectivity index (χ0n) is 14.7. The Morgan fingerprint density at radius 3 is 2.54 bits per heavy atom. The molecule has 0 amide bonds. The second kappa shape index (κ2) is 9.08. The lowest BCUT2D eigenvalue weighted by Crippen LogP contribution is -3.11. The molecule has 0 unspecified atom stereocenters. The van der Waals surface area contributed by atoms with Crippen molar-refractivity contribution in [2.24, 2.45) is 4.99 Å². The topological polar surface area (TPSA) is 46.3 Å². The van der Waals surface area contributed by atoms with Crippen molar-refractivity contribution in [1.82, 2.24) is 0 Å². The van der Waals surface area contributed by atoms with E-state index in [1.807, 2.05) is 25.1 Å². The zero-order chi connectivity index (χ0) is 17.4. The number of likely N-dealkylation sites (N-methyl/N-ethyl adjacent to an activating group) is 1. The van der Waals surface area contributed by atoms with Gasteiger partial charge in [-0.3, -0.25) is 4.99 Å². The van der Waals surface area contributed by atoms with Crippen LogP contribution < -0.4 is 9.64 Å². The first-order chi connectivity index (χ1) is 11.6. The van der Waals surface area contributed by atoms with Crippen molar-refractivity contribution in [3.63, 3.8) is 0 Å². The van der Waals surface area contributed by atoms with Crippen LogP contribution in [0, 0.1) is 0 Å². The number of nitrogens with one attached hydrogen (secondary N) is 1. The molecule has 128 valence electrons. The van der Waals surface area contributed by atoms with E-state index in [1.54, 1.807) is 12.3 Å². The Bertz CT molecular complexity index is 654. The maximum atomic E-state index is 10.2. The number of phenolic OH excluding ortho intramolecular Hbond substituents is 1. The molecule has 2 rings (SSSR count). The van der Waals surface area contributed by atoms with Crippen LogP contribution in [0.1, 0.15) is 18.1 Å². The molecule has 0 aromatic heterocycles. The van der Waals surface area contributed by atoms with Crippen LogP contribution in [0.2, 0.25) is 0 Å². The van der Waals surface area contributed by atoms with Crippen molar-refractivity contribution in [2.45, 2.75) is 19.4 Å². The average molecular weight is 327 g/mol. The molecule has 0 aliphatic heterocycles. The third kappa shape index (κ3) is 5.10. The summed E-state index contributed by atoms with van der Waals surface area (Å²) in [7, 11) is 4.30. The van der Waals surface area contributed by atoms with Crippen LogP contribution in [0.15, 0.2) is 53.5 Å². The van der Waals surface area contributed by atoms with Gasteiger partial charge in [-0.2, -0.15) is 0 Å². The number of para-hydroxylation sites is 1. The molecule has 1 atom stereocenters. The molecule has 0 saturated heterocycles. The summed E-state index contributed by atoms with van der Waals surface area (Å²) < 4.78 is 5.41. The molecule has 0 heterocycles. The Hall–Kier alpha value is -2.33. The minimum absolute atomic E-state index is 0.153. The highest BCUT2D eigenvalue weighted by molar-refractivity contribution is 5.84. The fraction of sp³-hybridized carbons (Fsp3) is 0.350. The number of quaternary nitrogens is 1. The SMILES string of the molecule is CCOc1cccc(C=NC[C@@H](Cc2ccccc2)[NH+](C)C)c1O. The summed E-state index contributed by atoms with van der Waals surface area (Å²) in [6.45, 7) is 3.13. The highest BCUT2D eigenvalue weighted by Crippen LogP contribution is 2.28. The largest absolute Gasteiger partial charge is 0.504 e. The Kier molecular flexibility index (Phi) is 6.82. The van der Waals surface area contributed by atoms with Gasteiger partial charge in [0, 0.05) is 18.2 Å². The average Bonchev–Trinajstić information content (AvgIpc) is 2.58. The quantitative estimate of drug-likeness (QED) is 0.728. The van der Waals surface area contributed by atoms with Crippen molar-refractivity contribution in [1.29, 1.82) is 0 Å². The Balaban J connectivity index is 2.04. The van der Waals surface area contributed by atoms with Gasteiger partial charge >= 0.3 is 0 Å². The lowest BCUT2D eigenvalue weighted by Gasteiger charge is -2.19. The zero-order valence-corrected chi connectivity index (χ0v) is 14.7. The highest BCUT2D eigenvalue weighted by Gasteiger charge is 2.15. The molecule has 0 bridgehead atoms. The summed E-state index contributed by atoms with van der Waals surface area (Å²) in [5.41, 5.74) is 2.01. The van der Waals surface area contributed by atoms with Gasteiger partial charge in [0.2, 0.25) is 0 Å². The molecule has 4 nitrogen and oxygen atoms in total. The van der Waals surface area contributed by atoms with Crippen LogP contribution in [-0.2, 0) is 6.42 Å². The summed E-state index contributed by atoms with van der Waals surface area (Å²) in [6.07, 6.45) is 2.71. The second-order valence-electron chi connectivity index (χ2n) is 6.09. The monoisotopic (exact) mass is 327 g/mol. The van der Waals surface area contributed by atoms with Gasteiger partial charge in [0.15, 0.2) is 11.5 Å². The predicted octanol–water partition coefficient (Wildman–Crippen LogP) is 1.97. The fourth-order valence-corrected chi connectivity index (χ4v) is 2.54. The molecule has 2 aromatic rings. The van der Waals surface area contributed by atoms with Crippen LogP contribution in [-0.4, -0.2) is 44.6 Å². The Morgan fingerprint density at radius 1 is 1.12 bits per heavy atom. The molecule has 0 aliphatic carbocycles. The van der Waals surface area contributed by atoms with Gasteiger partial charge in [-0.15, -0.1) is 0 Å². The molecule has 24 heavy (non-hydrogen) atoms. The molecule has 0 radical (unpaired) electrons. The van der Waals surface area contributed by atoms with E-state index >= 15 is 0 Å². The molecule has 4 heteroatoms. The summed E-state index contributed by atoms with van der Waals surface area (Å²) >= 11 is 0. The van der Waals surface area contributed by atoms with Gasteiger partial charge in [-0.1, -0.05) is 36.4 Å². The highest BCUT2D eigenvalue weighted by atomic mass is 16.5. The number of benzene rings is 2. The van der Waals surface area contributed by atoms with Crippen LogP contribution in [0.5, 0.6) is 11.5 Å². The number of phenols is 1. The van der Waals surface area contributed by atoms with E-state index in [1.165, 1.54) is 10.5 Å². The number of nitrogens with zero attached hydrogens (tertiary/aromatic N) is 1. The summed E-state index contributed by atoms with van der Waals surface area (Å²) in [5.74, 6) is 0.653. The third-order valence-corrected chi connectivity index (χ3v) is 4.03. The Labute approximate surface area is 144 Å². The van der Waals surface area contributed by atoms with Crippen LogP contribution >= 0.6 is 0 Å². The number of aliphatic imine (C=N–C) groups is 1. The Morgan fingerprint density at radius 2 is 1.88 bits per heavy atom. The van der Waals surface area contributed by atoms with Crippen molar-refractivity contribution in [3.8, 4) is 11.5 Å². The van der Waals surface area contributed by atoms with Crippen LogP contribution in [0.25, 0.3) is 0 Å². The minimum atomic E-state index is 0.153. The van der Waals surface area contributed by atoms with E-state index in [0.29, 0.717) is 30.5 Å². The molecule has 0 aliphatic rings. The predicted molar refractivity (Wildman–Crippen MR) is 98.5 cm³/mol. The molecule has 2 N–H and O–H groups in total. The number of hydrogen-bond donors (Lipinski definition) is 2. The van der Waals surface area contributed by atoms with Crippen LogP contribution in [0.3, 0.4) is 0 Å². The minimum Gasteiger partial charge on any atom is -0.504 e. The van der Waals surface area contributed by atoms with Gasteiger partial charge in [0.25, 0.3) is 0 Å². The van der Waals surface area contributed by atoms with E-state index in [2.05, 4.69) is 43.4 Å². The summed E-state index contributed by atoms with van der Waals surface area (Å²) in [4.78, 5) is 5.92. The first kappa shape index (κ1) is 18.0. The number of hydrogen-bond acceptors (Lipinski definition) is 3. The van der Waals surface area contributed by atoms with E-state index in [-0.39, 0.29) is 5.75 Å². The molecule has 2 aromatic carbocycles. The fourth-order valence-electron chi connectivity index (χ4n) is 2.54. The normalized spacial score (nSPS) is 12.7. The number of ether oxygens (including phenoxy) is 1. The van der Waals surface area contributed by atoms with E-state index in [4.69, 9.17) is 4.74 Å². The molecular formula is C20H27N2O2+. The first-order valence-corrected chi connectivity index (χ1v) is 8.40. The van der Waals surface area contributed by atoms with Gasteiger partial charge in [-0.25, -0.2) is 0 Å². The number of aromatic hydroxyl groups is 1. The van der Waals surface area contributed by atoms with Crippen LogP contribution in [0.4, 0.5) is 0 Å². The third-order valence-electron chi connectivity index (χ3n) is 4.03. The standard InChI is InChI=1S/C20H26N2O2/c1-4-24-19-12-8-11-17(20(19)23)14-21-15-18(22(2)3)13-16-9-6-5-7-10-16/h5-12,14,18,23H,4,13,15H2,1-3H3/p+1/t18-/m1/s1. The van der Waals surface area contributed by atoms with Crippen molar-refractivity contribution >= 4 is 6.21 Å². The smallest absolute Gasteiger partial charge is 0.166 e. The van der Waals surface area contributed by atoms with E-state index in [9.17, 15) is 5.11 Å². The summed E-state index contributed by atoms with van der Waals surface area (Å²) in [6, 6.07) is 16.3. The molecule has 0 spiro atoms. The summed E-state index contributed by atoms with van der Waals surface area (Å²) in [5, 5.41) is 10.2. The van der Waals surface area contributed by atoms with Gasteiger partial charge in [0.1, 0.15) is 6.04 Å². The molecule has 0 saturated carbocycles. The van der Waals surface area contributed by atoms with Crippen molar-refractivity contribution in [2.75, 3.05) is 27.2 Å². The number of rotatable bonds is 8. The van der Waals surface area contributed by atoms with Crippen molar-refractivity contribution < 1.29 is 14.7 Å². The van der Waals surface area contributed by atoms with E-state index in [0.717, 1.165) is 6.42 Å². The van der Waals surface area contributed by atoms with E-state index < -0.39 is 0 Å². The van der Waals surface area contributed by atoms with Gasteiger partial charge in [-0.05, 0) is 24.6 Å². The van der Waals surface area contributed by atoms with Gasteiger partial charge in [0.05, 0.1) is 27.2 Å². The second-order valence-corrected chi connectivity index (χ2v) is 6.09. The van der Waals surface area contributed by atoms with Crippen molar-refractivity contribution in [3.05, 3.63) is 59.7 Å². The first-order valence-electron chi connectivity index (χ1n) is 8.40. The lowest BCUT2D eigenvalue weighted by atomic mass is 10.1. The molecule has 0 fully saturated rings.